The van der Waals surface area contributed by atoms with Gasteiger partial charge in [0.25, 0.3) is 0 Å². The van der Waals surface area contributed by atoms with Crippen molar-refractivity contribution >= 4 is 11.3 Å². The van der Waals surface area contributed by atoms with Crippen LogP contribution in [0.2, 0.25) is 0 Å². The van der Waals surface area contributed by atoms with Crippen LogP contribution in [0, 0.1) is 6.92 Å². The van der Waals surface area contributed by atoms with Crippen LogP contribution in [0.4, 0.5) is 0 Å². The lowest BCUT2D eigenvalue weighted by molar-refractivity contribution is 0.181. The fourth-order valence-electron chi connectivity index (χ4n) is 1.94. The van der Waals surface area contributed by atoms with Crippen LogP contribution in [-0.2, 0) is 24.3 Å². The molecule has 0 aliphatic heterocycles. The Morgan fingerprint density at radius 2 is 2.00 bits per heavy atom. The van der Waals surface area contributed by atoms with Gasteiger partial charge in [-0.05, 0) is 19.5 Å². The maximum Gasteiger partial charge on any atom is 0.0976 e. The van der Waals surface area contributed by atoms with Gasteiger partial charge in [-0.15, -0.1) is 11.3 Å². The van der Waals surface area contributed by atoms with E-state index in [0.717, 1.165) is 23.7 Å². The zero-order chi connectivity index (χ0) is 13.7. The largest absolute Gasteiger partial charge is 0.378 e. The summed E-state index contributed by atoms with van der Waals surface area (Å²) in [6.07, 6.45) is 0.894. The van der Waals surface area contributed by atoms with Crippen molar-refractivity contribution in [3.63, 3.8) is 0 Å². The summed E-state index contributed by atoms with van der Waals surface area (Å²) in [6, 6.07) is 8.63. The van der Waals surface area contributed by atoms with E-state index in [0.29, 0.717) is 6.61 Å². The van der Waals surface area contributed by atoms with Crippen molar-refractivity contribution in [1.82, 2.24) is 10.3 Å². The van der Waals surface area contributed by atoms with Crippen LogP contribution >= 0.6 is 11.3 Å². The SMILES string of the molecule is CNCc1sc(Cc2ccc(C)cc2)nc1COC. The molecule has 0 fully saturated rings. The van der Waals surface area contributed by atoms with E-state index < -0.39 is 0 Å². The molecule has 0 amide bonds. The van der Waals surface area contributed by atoms with Crippen molar-refractivity contribution in [3.8, 4) is 0 Å². The Kier molecular flexibility index (Phi) is 5.07. The molecule has 19 heavy (non-hydrogen) atoms. The lowest BCUT2D eigenvalue weighted by Gasteiger charge is -1.98. The van der Waals surface area contributed by atoms with Crippen LogP contribution in [0.3, 0.4) is 0 Å². The molecule has 0 spiro atoms. The summed E-state index contributed by atoms with van der Waals surface area (Å²) in [6.45, 7) is 3.54. The summed E-state index contributed by atoms with van der Waals surface area (Å²) in [5, 5.41) is 4.34. The number of nitrogens with one attached hydrogen (secondary N) is 1. The fraction of sp³-hybridized carbons (Fsp3) is 0.400. The molecule has 2 aromatic rings. The Labute approximate surface area is 118 Å². The van der Waals surface area contributed by atoms with Crippen molar-refractivity contribution in [2.45, 2.75) is 26.5 Å². The van der Waals surface area contributed by atoms with E-state index in [1.807, 2.05) is 7.05 Å². The first-order valence-electron chi connectivity index (χ1n) is 6.39. The van der Waals surface area contributed by atoms with E-state index in [1.165, 1.54) is 16.0 Å². The van der Waals surface area contributed by atoms with Crippen molar-refractivity contribution in [3.05, 3.63) is 51.0 Å². The zero-order valence-electron chi connectivity index (χ0n) is 11.7. The Bertz CT molecular complexity index is 496. The normalized spacial score (nSPS) is 10.9. The lowest BCUT2D eigenvalue weighted by atomic mass is 10.1. The summed E-state index contributed by atoms with van der Waals surface area (Å²) >= 11 is 1.77. The molecule has 0 saturated heterocycles. The highest BCUT2D eigenvalue weighted by Crippen LogP contribution is 2.22. The first kappa shape index (κ1) is 14.2. The molecule has 1 aromatic carbocycles. The minimum Gasteiger partial charge on any atom is -0.378 e. The van der Waals surface area contributed by atoms with Crippen LogP contribution < -0.4 is 5.32 Å². The van der Waals surface area contributed by atoms with Gasteiger partial charge in [-0.1, -0.05) is 29.8 Å². The molecular weight excluding hydrogens is 256 g/mol. The third-order valence-electron chi connectivity index (χ3n) is 2.92. The number of thiazole rings is 1. The summed E-state index contributed by atoms with van der Waals surface area (Å²) < 4.78 is 5.21. The Balaban J connectivity index is 2.15. The number of rotatable bonds is 6. The van der Waals surface area contributed by atoms with Gasteiger partial charge in [-0.3, -0.25) is 0 Å². The Morgan fingerprint density at radius 1 is 1.26 bits per heavy atom. The number of methoxy groups -OCH3 is 1. The molecule has 4 heteroatoms. The van der Waals surface area contributed by atoms with E-state index in [4.69, 9.17) is 4.74 Å². The average molecular weight is 276 g/mol. The molecule has 3 nitrogen and oxygen atoms in total. The van der Waals surface area contributed by atoms with Crippen LogP contribution in [-0.4, -0.2) is 19.1 Å². The smallest absolute Gasteiger partial charge is 0.0976 e. The second-order valence-corrected chi connectivity index (χ2v) is 5.77. The minimum absolute atomic E-state index is 0.585. The van der Waals surface area contributed by atoms with Gasteiger partial charge in [0, 0.05) is 25.0 Å². The predicted octanol–water partition coefficient (Wildman–Crippen LogP) is 2.91. The van der Waals surface area contributed by atoms with Gasteiger partial charge in [-0.2, -0.15) is 0 Å². The van der Waals surface area contributed by atoms with Crippen molar-refractivity contribution in [2.75, 3.05) is 14.2 Å². The quantitative estimate of drug-likeness (QED) is 0.881. The summed E-state index contributed by atoms with van der Waals surface area (Å²) in [7, 11) is 3.66. The van der Waals surface area contributed by atoms with E-state index in [2.05, 4.69) is 41.5 Å². The summed E-state index contributed by atoms with van der Waals surface area (Å²) in [5.41, 5.74) is 3.65. The van der Waals surface area contributed by atoms with Crippen molar-refractivity contribution in [2.24, 2.45) is 0 Å². The monoisotopic (exact) mass is 276 g/mol. The highest BCUT2D eigenvalue weighted by atomic mass is 32.1. The van der Waals surface area contributed by atoms with E-state index in [9.17, 15) is 0 Å². The van der Waals surface area contributed by atoms with Crippen LogP contribution in [0.5, 0.6) is 0 Å². The lowest BCUT2D eigenvalue weighted by Crippen LogP contribution is -2.06. The molecule has 0 aliphatic carbocycles. The number of hydrogen-bond acceptors (Lipinski definition) is 4. The number of hydrogen-bond donors (Lipinski definition) is 1. The Hall–Kier alpha value is -1.23. The summed E-state index contributed by atoms with van der Waals surface area (Å²) in [4.78, 5) is 5.96. The highest BCUT2D eigenvalue weighted by molar-refractivity contribution is 7.11. The first-order chi connectivity index (χ1) is 9.22. The third kappa shape index (κ3) is 3.86. The minimum atomic E-state index is 0.585. The van der Waals surface area contributed by atoms with Crippen LogP contribution in [0.25, 0.3) is 0 Å². The predicted molar refractivity (Wildman–Crippen MR) is 79.6 cm³/mol. The molecule has 0 radical (unpaired) electrons. The van der Waals surface area contributed by atoms with Gasteiger partial charge in [0.1, 0.15) is 0 Å². The summed E-state index contributed by atoms with van der Waals surface area (Å²) in [5.74, 6) is 0. The molecule has 1 aromatic heterocycles. The number of ether oxygens (including phenoxy) is 1. The molecule has 0 unspecified atom stereocenters. The second kappa shape index (κ2) is 6.80. The fourth-order valence-corrected chi connectivity index (χ4v) is 3.06. The second-order valence-electron chi connectivity index (χ2n) is 4.60. The molecule has 1 N–H and O–H groups in total. The van der Waals surface area contributed by atoms with Gasteiger partial charge in [-0.25, -0.2) is 4.98 Å². The maximum atomic E-state index is 5.21. The topological polar surface area (TPSA) is 34.2 Å². The molecule has 2 rings (SSSR count). The highest BCUT2D eigenvalue weighted by Gasteiger charge is 2.10. The number of aromatic nitrogens is 1. The molecular formula is C15H20N2OS. The van der Waals surface area contributed by atoms with Gasteiger partial charge >= 0.3 is 0 Å². The molecule has 0 bridgehead atoms. The van der Waals surface area contributed by atoms with Crippen molar-refractivity contribution in [1.29, 1.82) is 0 Å². The van der Waals surface area contributed by atoms with E-state index >= 15 is 0 Å². The van der Waals surface area contributed by atoms with Crippen LogP contribution in [0.1, 0.15) is 26.7 Å². The number of nitrogens with zero attached hydrogens (tertiary/aromatic N) is 1. The van der Waals surface area contributed by atoms with Crippen LogP contribution in [0.15, 0.2) is 24.3 Å². The van der Waals surface area contributed by atoms with Crippen molar-refractivity contribution < 1.29 is 4.74 Å². The van der Waals surface area contributed by atoms with Gasteiger partial charge in [0.2, 0.25) is 0 Å². The average Bonchev–Trinajstić information content (AvgIpc) is 2.75. The molecule has 1 heterocycles. The van der Waals surface area contributed by atoms with Gasteiger partial charge < -0.3 is 10.1 Å². The molecule has 0 saturated carbocycles. The zero-order valence-corrected chi connectivity index (χ0v) is 12.5. The van der Waals surface area contributed by atoms with E-state index in [-0.39, 0.29) is 0 Å². The maximum absolute atomic E-state index is 5.21. The third-order valence-corrected chi connectivity index (χ3v) is 4.01. The van der Waals surface area contributed by atoms with E-state index in [1.54, 1.807) is 18.4 Å². The molecule has 102 valence electrons. The van der Waals surface area contributed by atoms with Gasteiger partial charge in [0.15, 0.2) is 0 Å². The first-order valence-corrected chi connectivity index (χ1v) is 7.21. The Morgan fingerprint density at radius 3 is 2.63 bits per heavy atom. The molecule has 0 aliphatic rings. The van der Waals surface area contributed by atoms with Gasteiger partial charge in [0.05, 0.1) is 17.3 Å². The molecule has 0 atom stereocenters. The number of benzene rings is 1. The standard InChI is InChI=1S/C15H20N2OS/c1-11-4-6-12(7-5-11)8-15-17-13(10-18-3)14(19-15)9-16-2/h4-7,16H,8-10H2,1-3H3. The number of aryl methyl sites for hydroxylation is 1.